The minimum Gasteiger partial charge on any atom is -0.298 e. The van der Waals surface area contributed by atoms with Crippen LogP contribution in [0.1, 0.15) is 10.4 Å². The Morgan fingerprint density at radius 1 is 1.42 bits per heavy atom. The quantitative estimate of drug-likeness (QED) is 0.322. The van der Waals surface area contributed by atoms with Gasteiger partial charge < -0.3 is 0 Å². The van der Waals surface area contributed by atoms with Gasteiger partial charge in [-0.2, -0.15) is 0 Å². The van der Waals surface area contributed by atoms with Gasteiger partial charge in [0.15, 0.2) is 11.4 Å². The molecule has 3 nitrogen and oxygen atoms in total. The summed E-state index contributed by atoms with van der Waals surface area (Å²) in [5.41, 5.74) is 0.556. The molecule has 0 unspecified atom stereocenters. The van der Waals surface area contributed by atoms with E-state index in [2.05, 4.69) is 9.97 Å². The average Bonchev–Trinajstić information content (AvgIpc) is 2.16. The summed E-state index contributed by atoms with van der Waals surface area (Å²) in [4.78, 5) is 18.6. The number of aldehydes is 1. The van der Waals surface area contributed by atoms with Crippen molar-refractivity contribution in [3.63, 3.8) is 0 Å². The van der Waals surface area contributed by atoms with E-state index < -0.39 is 0 Å². The molecule has 0 saturated heterocycles. The number of rotatable bonds is 3. The van der Waals surface area contributed by atoms with Crippen LogP contribution in [0, 0.1) is 0 Å². The SMILES string of the molecule is CSc1ncc(C=O)c(SC)n1. The van der Waals surface area contributed by atoms with Crippen molar-refractivity contribution in [1.82, 2.24) is 9.97 Å². The van der Waals surface area contributed by atoms with Crippen LogP contribution in [-0.4, -0.2) is 28.8 Å². The first kappa shape index (κ1) is 9.54. The third kappa shape index (κ3) is 1.98. The largest absolute Gasteiger partial charge is 0.298 e. The third-order valence-corrected chi connectivity index (χ3v) is 2.54. The van der Waals surface area contributed by atoms with Crippen LogP contribution in [0.5, 0.6) is 0 Å². The maximum absolute atomic E-state index is 10.5. The highest BCUT2D eigenvalue weighted by Gasteiger charge is 2.03. The van der Waals surface area contributed by atoms with Crippen LogP contribution in [-0.2, 0) is 0 Å². The summed E-state index contributed by atoms with van der Waals surface area (Å²) in [6.45, 7) is 0. The Labute approximate surface area is 79.4 Å². The molecule has 0 aliphatic carbocycles. The molecule has 12 heavy (non-hydrogen) atoms. The van der Waals surface area contributed by atoms with E-state index in [9.17, 15) is 4.79 Å². The zero-order valence-corrected chi connectivity index (χ0v) is 8.41. The Hall–Kier alpha value is -0.550. The zero-order chi connectivity index (χ0) is 8.97. The first-order chi connectivity index (χ1) is 5.81. The van der Waals surface area contributed by atoms with Gasteiger partial charge in [0.1, 0.15) is 5.03 Å². The molecule has 0 fully saturated rings. The summed E-state index contributed by atoms with van der Waals surface area (Å²) in [5.74, 6) is 0. The average molecular weight is 200 g/mol. The summed E-state index contributed by atoms with van der Waals surface area (Å²) in [5, 5.41) is 1.44. The maximum Gasteiger partial charge on any atom is 0.188 e. The Balaban J connectivity index is 3.10. The van der Waals surface area contributed by atoms with Crippen LogP contribution in [0.3, 0.4) is 0 Å². The summed E-state index contributed by atoms with van der Waals surface area (Å²) in [6.07, 6.45) is 6.12. The van der Waals surface area contributed by atoms with Gasteiger partial charge in [0.05, 0.1) is 5.56 Å². The molecule has 0 spiro atoms. The molecular formula is C7H8N2OS2. The lowest BCUT2D eigenvalue weighted by Crippen LogP contribution is -1.93. The van der Waals surface area contributed by atoms with Crippen molar-refractivity contribution in [3.05, 3.63) is 11.8 Å². The molecular weight excluding hydrogens is 192 g/mol. The van der Waals surface area contributed by atoms with E-state index in [1.165, 1.54) is 23.5 Å². The smallest absolute Gasteiger partial charge is 0.188 e. The molecule has 0 N–H and O–H groups in total. The normalized spacial score (nSPS) is 9.83. The van der Waals surface area contributed by atoms with Gasteiger partial charge in [-0.3, -0.25) is 4.79 Å². The second-order valence-electron chi connectivity index (χ2n) is 1.94. The summed E-state index contributed by atoms with van der Waals surface area (Å²) < 4.78 is 0. The van der Waals surface area contributed by atoms with E-state index in [4.69, 9.17) is 0 Å². The molecule has 0 radical (unpaired) electrons. The number of thioether (sulfide) groups is 2. The molecule has 0 aromatic carbocycles. The first-order valence-corrected chi connectivity index (χ1v) is 5.67. The number of nitrogens with zero attached hydrogens (tertiary/aromatic N) is 2. The molecule has 1 aromatic rings. The molecule has 0 aliphatic rings. The fourth-order valence-corrected chi connectivity index (χ4v) is 1.62. The molecule has 0 aliphatic heterocycles. The highest BCUT2D eigenvalue weighted by molar-refractivity contribution is 7.99. The standard InChI is InChI=1S/C7H8N2OS2/c1-11-6-5(4-10)3-8-7(9-6)12-2/h3-4H,1-2H3. The van der Waals surface area contributed by atoms with Crippen LogP contribution < -0.4 is 0 Å². The van der Waals surface area contributed by atoms with Gasteiger partial charge in [0, 0.05) is 6.20 Å². The highest BCUT2D eigenvalue weighted by atomic mass is 32.2. The van der Waals surface area contributed by atoms with Gasteiger partial charge in [-0.05, 0) is 12.5 Å². The lowest BCUT2D eigenvalue weighted by Gasteiger charge is -2.00. The minimum atomic E-state index is 0.556. The van der Waals surface area contributed by atoms with Gasteiger partial charge in [-0.1, -0.05) is 11.8 Å². The van der Waals surface area contributed by atoms with Crippen LogP contribution in [0.4, 0.5) is 0 Å². The van der Waals surface area contributed by atoms with Crippen molar-refractivity contribution < 1.29 is 4.79 Å². The summed E-state index contributed by atoms with van der Waals surface area (Å²) in [7, 11) is 0. The van der Waals surface area contributed by atoms with Gasteiger partial charge in [-0.25, -0.2) is 9.97 Å². The molecule has 1 heterocycles. The van der Waals surface area contributed by atoms with E-state index in [1.807, 2.05) is 12.5 Å². The predicted octanol–water partition coefficient (Wildman–Crippen LogP) is 1.73. The Kier molecular flexibility index (Phi) is 3.55. The molecule has 5 heteroatoms. The first-order valence-electron chi connectivity index (χ1n) is 3.22. The fraction of sp³-hybridized carbons (Fsp3) is 0.286. The lowest BCUT2D eigenvalue weighted by atomic mass is 10.4. The van der Waals surface area contributed by atoms with Crippen LogP contribution in [0.15, 0.2) is 16.4 Å². The predicted molar refractivity (Wildman–Crippen MR) is 51.0 cm³/mol. The minimum absolute atomic E-state index is 0.556. The van der Waals surface area contributed by atoms with Crippen molar-refractivity contribution in [1.29, 1.82) is 0 Å². The summed E-state index contributed by atoms with van der Waals surface area (Å²) in [6, 6.07) is 0. The van der Waals surface area contributed by atoms with Crippen molar-refractivity contribution in [2.45, 2.75) is 10.2 Å². The topological polar surface area (TPSA) is 42.9 Å². The lowest BCUT2D eigenvalue weighted by molar-refractivity contribution is 0.111. The van der Waals surface area contributed by atoms with E-state index in [0.29, 0.717) is 10.7 Å². The van der Waals surface area contributed by atoms with Crippen molar-refractivity contribution in [2.24, 2.45) is 0 Å². The molecule has 64 valence electrons. The maximum atomic E-state index is 10.5. The van der Waals surface area contributed by atoms with Crippen molar-refractivity contribution in [3.8, 4) is 0 Å². The second kappa shape index (κ2) is 4.47. The number of hydrogen-bond acceptors (Lipinski definition) is 5. The van der Waals surface area contributed by atoms with Crippen LogP contribution >= 0.6 is 23.5 Å². The Bertz CT molecular complexity index is 291. The highest BCUT2D eigenvalue weighted by Crippen LogP contribution is 2.18. The zero-order valence-electron chi connectivity index (χ0n) is 6.77. The van der Waals surface area contributed by atoms with Crippen LogP contribution in [0.25, 0.3) is 0 Å². The van der Waals surface area contributed by atoms with Crippen molar-refractivity contribution >= 4 is 29.8 Å². The monoisotopic (exact) mass is 200 g/mol. The van der Waals surface area contributed by atoms with Gasteiger partial charge >= 0.3 is 0 Å². The van der Waals surface area contributed by atoms with Crippen molar-refractivity contribution in [2.75, 3.05) is 12.5 Å². The second-order valence-corrected chi connectivity index (χ2v) is 3.51. The number of aromatic nitrogens is 2. The Morgan fingerprint density at radius 2 is 2.17 bits per heavy atom. The van der Waals surface area contributed by atoms with E-state index >= 15 is 0 Å². The number of carbonyl (C=O) groups is 1. The molecule has 1 aromatic heterocycles. The molecule has 0 saturated carbocycles. The van der Waals surface area contributed by atoms with Gasteiger partial charge in [-0.15, -0.1) is 11.8 Å². The third-order valence-electron chi connectivity index (χ3n) is 1.26. The van der Waals surface area contributed by atoms with Gasteiger partial charge in [0.2, 0.25) is 0 Å². The summed E-state index contributed by atoms with van der Waals surface area (Å²) >= 11 is 2.92. The number of carbonyl (C=O) groups excluding carboxylic acids is 1. The van der Waals surface area contributed by atoms with E-state index in [0.717, 1.165) is 11.3 Å². The molecule has 0 bridgehead atoms. The van der Waals surface area contributed by atoms with E-state index in [-0.39, 0.29) is 0 Å². The Morgan fingerprint density at radius 3 is 2.67 bits per heavy atom. The van der Waals surface area contributed by atoms with E-state index in [1.54, 1.807) is 6.20 Å². The number of hydrogen-bond donors (Lipinski definition) is 0. The van der Waals surface area contributed by atoms with Gasteiger partial charge in [0.25, 0.3) is 0 Å². The molecule has 0 atom stereocenters. The molecule has 1 rings (SSSR count). The molecule has 0 amide bonds. The fourth-order valence-electron chi connectivity index (χ4n) is 0.703. The van der Waals surface area contributed by atoms with Crippen LogP contribution in [0.2, 0.25) is 0 Å².